The van der Waals surface area contributed by atoms with Crippen molar-refractivity contribution < 1.29 is 29.8 Å². The molecule has 2 aromatic heterocycles. The van der Waals surface area contributed by atoms with E-state index < -0.39 is 5.54 Å². The maximum Gasteiger partial charge on any atom is 1.00 e. The van der Waals surface area contributed by atoms with Crippen LogP contribution in [-0.2, 0) is 20.4 Å². The van der Waals surface area contributed by atoms with Crippen molar-refractivity contribution in [2.45, 2.75) is 36.6 Å². The van der Waals surface area contributed by atoms with Crippen LogP contribution in [0.4, 0.5) is 0 Å². The van der Waals surface area contributed by atoms with Crippen molar-refractivity contribution in [1.29, 1.82) is 0 Å². The Morgan fingerprint density at radius 2 is 1.23 bits per heavy atom. The number of nitrogens with two attached hydrogens (primary N) is 1. The van der Waals surface area contributed by atoms with E-state index in [2.05, 4.69) is 34.5 Å². The minimum atomic E-state index is -0.470. The van der Waals surface area contributed by atoms with Gasteiger partial charge in [0, 0.05) is 47.1 Å². The van der Waals surface area contributed by atoms with E-state index in [4.69, 9.17) is 31.7 Å². The molecular formula is C30H36AlLiN4O2S2. The van der Waals surface area contributed by atoms with E-state index in [-0.39, 0.29) is 43.1 Å². The molecule has 2 saturated heterocycles. The molecule has 10 heteroatoms. The Labute approximate surface area is 269 Å². The van der Waals surface area contributed by atoms with Gasteiger partial charge in [-0.05, 0) is 12.8 Å². The Morgan fingerprint density at radius 1 is 0.775 bits per heavy atom. The fraction of sp³-hybridized carbons (Fsp3) is 0.367. The average molecular weight is 583 g/mol. The molecule has 2 fully saturated rings. The summed E-state index contributed by atoms with van der Waals surface area (Å²) in [5.41, 5.74) is 9.92. The molecule has 0 saturated carbocycles. The number of nitrogens with zero attached hydrogens (tertiary/aromatic N) is 3. The van der Waals surface area contributed by atoms with Crippen LogP contribution in [0, 0.1) is 6.57 Å². The van der Waals surface area contributed by atoms with Crippen LogP contribution in [0.5, 0.6) is 0 Å². The molecule has 0 radical (unpaired) electrons. The van der Waals surface area contributed by atoms with Gasteiger partial charge in [0.2, 0.25) is 0 Å². The molecule has 2 aliphatic heterocycles. The normalized spacial score (nSPS) is 17.2. The van der Waals surface area contributed by atoms with Crippen LogP contribution >= 0.6 is 22.7 Å². The molecule has 0 bridgehead atoms. The van der Waals surface area contributed by atoms with Crippen LogP contribution in [0.2, 0.25) is 0 Å². The third-order valence-electron chi connectivity index (χ3n) is 7.44. The number of hydrogen-bond donors (Lipinski definition) is 1. The summed E-state index contributed by atoms with van der Waals surface area (Å²) < 4.78 is 10.8. The van der Waals surface area contributed by atoms with Crippen molar-refractivity contribution >= 4 is 40.0 Å². The molecule has 4 heterocycles. The second-order valence-corrected chi connectivity index (χ2v) is 11.4. The van der Waals surface area contributed by atoms with Gasteiger partial charge >= 0.3 is 18.9 Å². The van der Waals surface area contributed by atoms with Gasteiger partial charge in [0.15, 0.2) is 17.4 Å². The van der Waals surface area contributed by atoms with E-state index in [0.717, 1.165) is 65.9 Å². The Bertz CT molecular complexity index is 1360. The topological polar surface area (TPSA) is 74.6 Å². The van der Waals surface area contributed by atoms with Gasteiger partial charge in [-0.25, -0.2) is 16.5 Å². The summed E-state index contributed by atoms with van der Waals surface area (Å²) in [7, 11) is 0. The summed E-state index contributed by atoms with van der Waals surface area (Å²) in [5.74, 6) is 0. The van der Waals surface area contributed by atoms with Gasteiger partial charge in [-0.2, -0.15) is 0 Å². The number of rotatable bonds is 5. The van der Waals surface area contributed by atoms with Gasteiger partial charge in [-0.15, -0.1) is 22.7 Å². The van der Waals surface area contributed by atoms with Crippen molar-refractivity contribution in [3.05, 3.63) is 94.2 Å². The molecule has 2 aromatic carbocycles. The Hall–Kier alpha value is -1.80. The predicted molar refractivity (Wildman–Crippen MR) is 165 cm³/mol. The molecule has 0 spiro atoms. The van der Waals surface area contributed by atoms with E-state index in [0.29, 0.717) is 19.8 Å². The predicted octanol–water partition coefficient (Wildman–Crippen LogP) is 2.48. The van der Waals surface area contributed by atoms with Gasteiger partial charge in [0.05, 0.1) is 31.7 Å². The van der Waals surface area contributed by atoms with Gasteiger partial charge in [0.1, 0.15) is 15.7 Å². The largest absolute Gasteiger partial charge is 1.00 e. The third-order valence-corrected chi connectivity index (χ3v) is 9.23. The molecule has 0 aliphatic carbocycles. The van der Waals surface area contributed by atoms with Gasteiger partial charge < -0.3 is 21.5 Å². The number of hydrogen-bond acceptors (Lipinski definition) is 7. The molecule has 2 N–H and O–H groups in total. The summed E-state index contributed by atoms with van der Waals surface area (Å²) in [6, 6.07) is 20.4. The van der Waals surface area contributed by atoms with Crippen molar-refractivity contribution in [2.24, 2.45) is 5.73 Å². The van der Waals surface area contributed by atoms with Crippen molar-refractivity contribution in [3.8, 4) is 21.1 Å². The first kappa shape index (κ1) is 32.7. The standard InChI is InChI=1S/C15H14N2OS.C15H18N2OS.Al.Li.4H/c1-16-15(7-9-18-10-8-15)13-11-19-14(17-13)12-5-3-2-4-6-12;16-11-15(6-8-18-9-7-15)13-10-19-14(17-13)12-4-2-1-3-5-12;;;;;;/h2-6,11H,7-10H2;1-5,10H,6-9,11,16H2;;;;;;/q;;;+1;;;;-1. The molecule has 0 amide bonds. The van der Waals surface area contributed by atoms with E-state index in [1.165, 1.54) is 5.56 Å². The Kier molecular flexibility index (Phi) is 12.6. The van der Waals surface area contributed by atoms with Crippen molar-refractivity contribution in [3.63, 3.8) is 0 Å². The van der Waals surface area contributed by atoms with Crippen LogP contribution in [0.25, 0.3) is 26.0 Å². The Balaban J connectivity index is 0.000000267. The summed E-state index contributed by atoms with van der Waals surface area (Å²) >= 11 is 3.32. The van der Waals surface area contributed by atoms with Crippen LogP contribution < -0.4 is 24.6 Å². The quantitative estimate of drug-likeness (QED) is 0.289. The third kappa shape index (κ3) is 7.33. The van der Waals surface area contributed by atoms with Crippen LogP contribution in [0.3, 0.4) is 0 Å². The number of benzene rings is 2. The summed E-state index contributed by atoms with van der Waals surface area (Å²) in [6.07, 6.45) is 3.44. The van der Waals surface area contributed by atoms with Crippen molar-refractivity contribution in [2.75, 3.05) is 33.0 Å². The zero-order valence-electron chi connectivity index (χ0n) is 23.3. The number of ether oxygens (including phenoxy) is 2. The van der Waals surface area contributed by atoms with Gasteiger partial charge in [-0.1, -0.05) is 60.7 Å². The molecule has 40 heavy (non-hydrogen) atoms. The molecule has 6 nitrogen and oxygen atoms in total. The minimum absolute atomic E-state index is 0. The first-order valence-corrected chi connectivity index (χ1v) is 14.7. The van der Waals surface area contributed by atoms with Crippen LogP contribution in [0.1, 0.15) is 38.5 Å². The van der Waals surface area contributed by atoms with E-state index >= 15 is 0 Å². The first-order valence-electron chi connectivity index (χ1n) is 13.0. The fourth-order valence-corrected chi connectivity index (χ4v) is 6.76. The molecule has 2 aliphatic rings. The van der Waals surface area contributed by atoms with Gasteiger partial charge in [0.25, 0.3) is 5.54 Å². The van der Waals surface area contributed by atoms with Crippen LogP contribution in [-0.4, -0.2) is 60.3 Å². The molecule has 0 unspecified atom stereocenters. The first-order chi connectivity index (χ1) is 18.7. The minimum Gasteiger partial charge on any atom is -1.00 e. The van der Waals surface area contributed by atoms with Crippen molar-refractivity contribution in [1.82, 2.24) is 9.97 Å². The van der Waals surface area contributed by atoms with E-state index in [1.807, 2.05) is 41.8 Å². The second kappa shape index (κ2) is 15.4. The Morgan fingerprint density at radius 3 is 1.70 bits per heavy atom. The fourth-order valence-electron chi connectivity index (χ4n) is 4.89. The molecule has 204 valence electrons. The van der Waals surface area contributed by atoms with Crippen LogP contribution in [0.15, 0.2) is 71.4 Å². The monoisotopic (exact) mass is 582 g/mol. The number of aromatic nitrogens is 2. The smallest absolute Gasteiger partial charge is 1.00 e. The molecule has 6 rings (SSSR count). The summed E-state index contributed by atoms with van der Waals surface area (Å²) in [5, 5.41) is 6.27. The van der Waals surface area contributed by atoms with E-state index in [9.17, 15) is 0 Å². The van der Waals surface area contributed by atoms with E-state index in [1.54, 1.807) is 22.7 Å². The zero-order chi connectivity index (χ0) is 26.3. The maximum absolute atomic E-state index is 7.53. The zero-order valence-corrected chi connectivity index (χ0v) is 24.0. The SMILES string of the molecule is NCC1(c2csc(-c3ccccc3)n2)CCOCC1.[AlH3].[C-]#[N+]C1(c2csc(-c3ccccc3)n2)CCOCC1.[H-].[Li+]. The summed E-state index contributed by atoms with van der Waals surface area (Å²) in [6.45, 7) is 11.1. The van der Waals surface area contributed by atoms with Gasteiger partial charge in [-0.3, -0.25) is 0 Å². The number of thiazole rings is 2. The average Bonchev–Trinajstić information content (AvgIpc) is 3.71. The molecule has 4 aromatic rings. The maximum atomic E-state index is 7.53. The molecule has 0 atom stereocenters. The second-order valence-electron chi connectivity index (χ2n) is 9.66. The summed E-state index contributed by atoms with van der Waals surface area (Å²) in [4.78, 5) is 13.4. The molecular weight excluding hydrogens is 546 g/mol.